The molecule has 0 spiro atoms. The third kappa shape index (κ3) is 4.28. The zero-order chi connectivity index (χ0) is 29.7. The standard InChI is InChI=1S/C41H31N3/c1-41(2)34-17-9-11-19-37(34)44(38-20-12-10-18-35(38)41)32-24-21-30(22-25-32)40-42-36-26-23-31(28-13-5-3-6-14-28)27-33(36)39(43-40)29-15-7-4-8-16-29/h3-27H,1-2H3. The molecule has 1 aliphatic heterocycles. The first-order valence-electron chi connectivity index (χ1n) is 15.1. The highest BCUT2D eigenvalue weighted by atomic mass is 15.2. The maximum Gasteiger partial charge on any atom is 0.160 e. The van der Waals surface area contributed by atoms with E-state index in [1.165, 1.54) is 28.1 Å². The fourth-order valence-corrected chi connectivity index (χ4v) is 6.59. The van der Waals surface area contributed by atoms with E-state index in [9.17, 15) is 0 Å². The Hall–Kier alpha value is -5.54. The van der Waals surface area contributed by atoms with Crippen molar-refractivity contribution in [2.24, 2.45) is 0 Å². The number of rotatable bonds is 4. The Morgan fingerprint density at radius 3 is 1.66 bits per heavy atom. The van der Waals surface area contributed by atoms with E-state index in [0.717, 1.165) is 44.8 Å². The van der Waals surface area contributed by atoms with Gasteiger partial charge in [0.2, 0.25) is 0 Å². The van der Waals surface area contributed by atoms with Crippen molar-refractivity contribution >= 4 is 28.0 Å². The van der Waals surface area contributed by atoms with Crippen molar-refractivity contribution in [3.8, 4) is 33.8 Å². The van der Waals surface area contributed by atoms with Crippen molar-refractivity contribution in [3.63, 3.8) is 0 Å². The molecular formula is C41H31N3. The minimum atomic E-state index is -0.0865. The largest absolute Gasteiger partial charge is 0.310 e. The normalized spacial score (nSPS) is 13.4. The molecule has 44 heavy (non-hydrogen) atoms. The van der Waals surface area contributed by atoms with Gasteiger partial charge in [0, 0.05) is 27.6 Å². The van der Waals surface area contributed by atoms with Crippen LogP contribution < -0.4 is 4.90 Å². The van der Waals surface area contributed by atoms with Gasteiger partial charge >= 0.3 is 0 Å². The fourth-order valence-electron chi connectivity index (χ4n) is 6.59. The molecule has 210 valence electrons. The summed E-state index contributed by atoms with van der Waals surface area (Å²) in [5, 5.41) is 1.04. The lowest BCUT2D eigenvalue weighted by molar-refractivity contribution is 0.632. The van der Waals surface area contributed by atoms with Gasteiger partial charge in [-0.05, 0) is 70.8 Å². The average Bonchev–Trinajstić information content (AvgIpc) is 3.09. The zero-order valence-corrected chi connectivity index (χ0v) is 24.8. The van der Waals surface area contributed by atoms with Gasteiger partial charge in [-0.3, -0.25) is 0 Å². The van der Waals surface area contributed by atoms with Gasteiger partial charge in [0.1, 0.15) is 0 Å². The molecule has 0 amide bonds. The summed E-state index contributed by atoms with van der Waals surface area (Å²) in [5.41, 5.74) is 12.4. The summed E-state index contributed by atoms with van der Waals surface area (Å²) in [7, 11) is 0. The molecule has 3 heteroatoms. The summed E-state index contributed by atoms with van der Waals surface area (Å²) >= 11 is 0. The van der Waals surface area contributed by atoms with Crippen LogP contribution in [0.2, 0.25) is 0 Å². The third-order valence-electron chi connectivity index (χ3n) is 8.87. The maximum atomic E-state index is 5.18. The highest BCUT2D eigenvalue weighted by Crippen LogP contribution is 2.51. The first-order chi connectivity index (χ1) is 21.6. The highest BCUT2D eigenvalue weighted by molar-refractivity contribution is 5.96. The molecule has 0 aliphatic carbocycles. The topological polar surface area (TPSA) is 29.0 Å². The fraction of sp³-hybridized carbons (Fsp3) is 0.0732. The van der Waals surface area contributed by atoms with Gasteiger partial charge in [-0.15, -0.1) is 0 Å². The monoisotopic (exact) mass is 565 g/mol. The summed E-state index contributed by atoms with van der Waals surface area (Å²) < 4.78 is 0. The van der Waals surface area contributed by atoms with Crippen LogP contribution in [0.25, 0.3) is 44.7 Å². The summed E-state index contributed by atoms with van der Waals surface area (Å²) in [6.07, 6.45) is 0. The first kappa shape index (κ1) is 26.1. The molecule has 0 N–H and O–H groups in total. The van der Waals surface area contributed by atoms with Gasteiger partial charge in [-0.1, -0.05) is 117 Å². The number of aromatic nitrogens is 2. The minimum Gasteiger partial charge on any atom is -0.310 e. The quantitative estimate of drug-likeness (QED) is 0.213. The number of benzene rings is 6. The molecule has 6 aromatic carbocycles. The SMILES string of the molecule is CC1(C)c2ccccc2N(c2ccc(-c3nc(-c4ccccc4)c4cc(-c5ccccc5)ccc4n3)cc2)c2ccccc21. The number of hydrogen-bond acceptors (Lipinski definition) is 3. The van der Waals surface area contributed by atoms with Crippen molar-refractivity contribution in [1.29, 1.82) is 0 Å². The number of anilines is 3. The second-order valence-corrected chi connectivity index (χ2v) is 11.9. The highest BCUT2D eigenvalue weighted by Gasteiger charge is 2.36. The molecule has 0 saturated carbocycles. The molecule has 0 radical (unpaired) electrons. The Labute approximate surface area is 258 Å². The van der Waals surface area contributed by atoms with Crippen molar-refractivity contribution in [1.82, 2.24) is 9.97 Å². The second-order valence-electron chi connectivity index (χ2n) is 11.9. The van der Waals surface area contributed by atoms with Crippen LogP contribution in [0, 0.1) is 0 Å². The van der Waals surface area contributed by atoms with Gasteiger partial charge in [0.05, 0.1) is 22.6 Å². The van der Waals surface area contributed by atoms with E-state index in [4.69, 9.17) is 9.97 Å². The third-order valence-corrected chi connectivity index (χ3v) is 8.87. The lowest BCUT2D eigenvalue weighted by atomic mass is 9.73. The summed E-state index contributed by atoms with van der Waals surface area (Å²) in [5.74, 6) is 0.718. The Balaban J connectivity index is 1.24. The molecule has 0 bridgehead atoms. The number of nitrogens with zero attached hydrogens (tertiary/aromatic N) is 3. The Bertz CT molecular complexity index is 2080. The molecule has 3 nitrogen and oxygen atoms in total. The van der Waals surface area contributed by atoms with E-state index in [1.54, 1.807) is 0 Å². The predicted molar refractivity (Wildman–Crippen MR) is 183 cm³/mol. The molecule has 2 heterocycles. The van der Waals surface area contributed by atoms with Crippen molar-refractivity contribution < 1.29 is 0 Å². The van der Waals surface area contributed by atoms with Crippen LogP contribution in [-0.4, -0.2) is 9.97 Å². The van der Waals surface area contributed by atoms with Gasteiger partial charge in [0.25, 0.3) is 0 Å². The Kier molecular flexibility index (Phi) is 6.13. The lowest BCUT2D eigenvalue weighted by Crippen LogP contribution is -2.30. The molecule has 8 rings (SSSR count). The molecule has 1 aromatic heterocycles. The van der Waals surface area contributed by atoms with E-state index in [-0.39, 0.29) is 5.41 Å². The number of hydrogen-bond donors (Lipinski definition) is 0. The zero-order valence-electron chi connectivity index (χ0n) is 24.8. The number of para-hydroxylation sites is 2. The van der Waals surface area contributed by atoms with Gasteiger partial charge in [-0.2, -0.15) is 0 Å². The van der Waals surface area contributed by atoms with Crippen LogP contribution in [0.5, 0.6) is 0 Å². The minimum absolute atomic E-state index is 0.0865. The van der Waals surface area contributed by atoms with Gasteiger partial charge in [0.15, 0.2) is 5.82 Å². The van der Waals surface area contributed by atoms with E-state index >= 15 is 0 Å². The Morgan fingerprint density at radius 1 is 0.477 bits per heavy atom. The summed E-state index contributed by atoms with van der Waals surface area (Å²) in [4.78, 5) is 12.6. The van der Waals surface area contributed by atoms with Crippen LogP contribution in [0.4, 0.5) is 17.1 Å². The van der Waals surface area contributed by atoms with Crippen molar-refractivity contribution in [2.45, 2.75) is 19.3 Å². The van der Waals surface area contributed by atoms with E-state index in [1.807, 2.05) is 12.1 Å². The lowest BCUT2D eigenvalue weighted by Gasteiger charge is -2.42. The molecule has 0 fully saturated rings. The summed E-state index contributed by atoms with van der Waals surface area (Å²) in [6, 6.07) is 53.5. The smallest absolute Gasteiger partial charge is 0.160 e. The second kappa shape index (κ2) is 10.3. The van der Waals surface area contributed by atoms with E-state index in [0.29, 0.717) is 0 Å². The van der Waals surface area contributed by atoms with E-state index < -0.39 is 0 Å². The molecule has 1 aliphatic rings. The molecule has 7 aromatic rings. The molecule has 0 atom stereocenters. The van der Waals surface area contributed by atoms with Gasteiger partial charge < -0.3 is 4.90 Å². The first-order valence-corrected chi connectivity index (χ1v) is 15.1. The maximum absolute atomic E-state index is 5.18. The van der Waals surface area contributed by atoms with Gasteiger partial charge in [-0.25, -0.2) is 9.97 Å². The molecular weight excluding hydrogens is 534 g/mol. The molecule has 0 saturated heterocycles. The van der Waals surface area contributed by atoms with Crippen LogP contribution in [0.15, 0.2) is 152 Å². The van der Waals surface area contributed by atoms with Crippen LogP contribution >= 0.6 is 0 Å². The van der Waals surface area contributed by atoms with Crippen molar-refractivity contribution in [3.05, 3.63) is 163 Å². The summed E-state index contributed by atoms with van der Waals surface area (Å²) in [6.45, 7) is 4.63. The van der Waals surface area contributed by atoms with Crippen LogP contribution in [-0.2, 0) is 5.41 Å². The molecule has 0 unspecified atom stereocenters. The van der Waals surface area contributed by atoms with E-state index in [2.05, 4.69) is 158 Å². The number of fused-ring (bicyclic) bond motifs is 3. The van der Waals surface area contributed by atoms with Crippen molar-refractivity contribution in [2.75, 3.05) is 4.90 Å². The van der Waals surface area contributed by atoms with Crippen LogP contribution in [0.3, 0.4) is 0 Å². The average molecular weight is 566 g/mol. The predicted octanol–water partition coefficient (Wildman–Crippen LogP) is 10.7. The Morgan fingerprint density at radius 2 is 1.02 bits per heavy atom. The van der Waals surface area contributed by atoms with Crippen LogP contribution in [0.1, 0.15) is 25.0 Å².